The molecule has 4 heteroatoms. The first-order valence-electron chi connectivity index (χ1n) is 17.1. The second kappa shape index (κ2) is 19.8. The van der Waals surface area contributed by atoms with Crippen LogP contribution in [0.15, 0.2) is 109 Å². The summed E-state index contributed by atoms with van der Waals surface area (Å²) in [4.78, 5) is 0. The Labute approximate surface area is 312 Å². The van der Waals surface area contributed by atoms with Crippen molar-refractivity contribution >= 4 is 48.1 Å². The molecular formula is C44H52Cl2SiZr. The summed E-state index contributed by atoms with van der Waals surface area (Å²) >= 11 is -0.826. The fourth-order valence-electron chi connectivity index (χ4n) is 6.14. The van der Waals surface area contributed by atoms with Gasteiger partial charge in [-0.1, -0.05) is 140 Å². The van der Waals surface area contributed by atoms with Crippen LogP contribution in [-0.4, -0.2) is 9.52 Å². The molecule has 0 fully saturated rings. The van der Waals surface area contributed by atoms with Crippen molar-refractivity contribution in [2.75, 3.05) is 0 Å². The van der Waals surface area contributed by atoms with Gasteiger partial charge < -0.3 is 0 Å². The van der Waals surface area contributed by atoms with Crippen molar-refractivity contribution in [3.05, 3.63) is 131 Å². The molecule has 0 amide bonds. The summed E-state index contributed by atoms with van der Waals surface area (Å²) in [6, 6.07) is 40.3. The SMILES string of the molecule is CC(C)c1cc2c(-c3ccccc3C(C)C)cccc2[cH-]1.CC(C)c1cc2c(-c3ccccc3C(C)C)cccc2[cH-]1.C[Si]C.[Cl][Zr+2][Cl]. The number of halogens is 2. The fraction of sp³-hybridized carbons (Fsp3) is 0.318. The van der Waals surface area contributed by atoms with Crippen molar-refractivity contribution in [2.45, 2.75) is 92.2 Å². The molecule has 0 bridgehead atoms. The molecule has 0 saturated carbocycles. The third kappa shape index (κ3) is 10.4. The van der Waals surface area contributed by atoms with Crippen LogP contribution in [0.1, 0.15) is 101 Å². The molecule has 6 aromatic rings. The third-order valence-electron chi connectivity index (χ3n) is 8.63. The Balaban J connectivity index is 0.000000224. The number of rotatable bonds is 6. The molecule has 0 aliphatic carbocycles. The van der Waals surface area contributed by atoms with Gasteiger partial charge in [-0.05, 0) is 45.9 Å². The van der Waals surface area contributed by atoms with Gasteiger partial charge in [0.05, 0.1) is 0 Å². The van der Waals surface area contributed by atoms with E-state index in [1.165, 1.54) is 66.1 Å². The van der Waals surface area contributed by atoms with Gasteiger partial charge in [-0.15, -0.1) is 69.1 Å². The van der Waals surface area contributed by atoms with Gasteiger partial charge in [-0.25, -0.2) is 0 Å². The Morgan fingerprint density at radius 1 is 0.479 bits per heavy atom. The summed E-state index contributed by atoms with van der Waals surface area (Å²) < 4.78 is 0. The van der Waals surface area contributed by atoms with Crippen LogP contribution >= 0.6 is 17.0 Å². The van der Waals surface area contributed by atoms with Crippen molar-refractivity contribution in [3.63, 3.8) is 0 Å². The zero-order valence-electron chi connectivity index (χ0n) is 30.5. The molecule has 0 atom stereocenters. The van der Waals surface area contributed by atoms with E-state index in [-0.39, 0.29) is 0 Å². The molecule has 0 aliphatic heterocycles. The van der Waals surface area contributed by atoms with Crippen LogP contribution in [-0.2, 0) is 20.8 Å². The average Bonchev–Trinajstić information content (AvgIpc) is 3.71. The van der Waals surface area contributed by atoms with E-state index in [1.54, 1.807) is 0 Å². The van der Waals surface area contributed by atoms with Crippen molar-refractivity contribution < 1.29 is 20.8 Å². The molecule has 0 unspecified atom stereocenters. The summed E-state index contributed by atoms with van der Waals surface area (Å²) in [5.41, 5.74) is 11.2. The standard InChI is InChI=1S/2C21H23.C2H6Si.2ClH.Zr/c2*1-14(2)17-12-16-8-7-11-20(21(16)13-17)19-10-6-5-9-18(19)15(3)4;1-3-2;;;/h2*5-15H,1-4H3;1-2H3;2*1H;/q2*-1;;;;+4/p-2. The second-order valence-electron chi connectivity index (χ2n) is 13.6. The predicted molar refractivity (Wildman–Crippen MR) is 215 cm³/mol. The molecule has 0 saturated heterocycles. The topological polar surface area (TPSA) is 0 Å². The zero-order valence-corrected chi connectivity index (χ0v) is 35.4. The number of fused-ring (bicyclic) bond motifs is 2. The van der Waals surface area contributed by atoms with Crippen LogP contribution in [0.4, 0.5) is 0 Å². The minimum absolute atomic E-state index is 0.538. The monoisotopic (exact) mass is 768 g/mol. The van der Waals surface area contributed by atoms with Gasteiger partial charge in [0, 0.05) is 9.52 Å². The maximum absolute atomic E-state index is 4.93. The van der Waals surface area contributed by atoms with Gasteiger partial charge in [0.15, 0.2) is 0 Å². The van der Waals surface area contributed by atoms with Gasteiger partial charge in [0.1, 0.15) is 0 Å². The first-order chi connectivity index (χ1) is 23.0. The van der Waals surface area contributed by atoms with Crippen LogP contribution in [0.5, 0.6) is 0 Å². The molecule has 250 valence electrons. The normalized spacial score (nSPS) is 10.8. The summed E-state index contributed by atoms with van der Waals surface area (Å²) in [5.74, 6) is 2.23. The van der Waals surface area contributed by atoms with Gasteiger partial charge in [0.25, 0.3) is 0 Å². The van der Waals surface area contributed by atoms with Crippen molar-refractivity contribution in [1.29, 1.82) is 0 Å². The Kier molecular flexibility index (Phi) is 16.6. The van der Waals surface area contributed by atoms with Crippen LogP contribution < -0.4 is 0 Å². The van der Waals surface area contributed by atoms with Gasteiger partial charge in [-0.3, -0.25) is 0 Å². The molecule has 0 heterocycles. The van der Waals surface area contributed by atoms with Crippen molar-refractivity contribution in [1.82, 2.24) is 0 Å². The van der Waals surface area contributed by atoms with E-state index in [0.29, 0.717) is 23.7 Å². The maximum atomic E-state index is 4.93. The van der Waals surface area contributed by atoms with Crippen LogP contribution in [0.25, 0.3) is 43.8 Å². The van der Waals surface area contributed by atoms with E-state index in [2.05, 4.69) is 178 Å². The van der Waals surface area contributed by atoms with Gasteiger partial charge >= 0.3 is 37.9 Å². The predicted octanol–water partition coefficient (Wildman–Crippen LogP) is 15.1. The van der Waals surface area contributed by atoms with E-state index >= 15 is 0 Å². The van der Waals surface area contributed by atoms with Crippen LogP contribution in [0.3, 0.4) is 0 Å². The molecule has 6 rings (SSSR count). The first kappa shape index (κ1) is 40.2. The van der Waals surface area contributed by atoms with Gasteiger partial charge in [-0.2, -0.15) is 12.1 Å². The minimum atomic E-state index is -0.826. The number of hydrogen-bond donors (Lipinski definition) is 0. The molecule has 6 aromatic carbocycles. The fourth-order valence-corrected chi connectivity index (χ4v) is 6.14. The van der Waals surface area contributed by atoms with E-state index in [4.69, 9.17) is 17.0 Å². The summed E-state index contributed by atoms with van der Waals surface area (Å²) in [7, 11) is 11.0. The number of benzene rings is 4. The summed E-state index contributed by atoms with van der Waals surface area (Å²) in [6.45, 7) is 22.4. The molecule has 0 spiro atoms. The van der Waals surface area contributed by atoms with Crippen molar-refractivity contribution in [3.8, 4) is 22.3 Å². The molecule has 0 aliphatic rings. The van der Waals surface area contributed by atoms with Crippen molar-refractivity contribution in [2.24, 2.45) is 0 Å². The quantitative estimate of drug-likeness (QED) is 0.117. The van der Waals surface area contributed by atoms with Gasteiger partial charge in [0.2, 0.25) is 0 Å². The molecule has 2 radical (unpaired) electrons. The molecular weight excluding hydrogens is 719 g/mol. The Morgan fingerprint density at radius 3 is 1.10 bits per heavy atom. The van der Waals surface area contributed by atoms with E-state index in [9.17, 15) is 0 Å². The Morgan fingerprint density at radius 2 is 0.792 bits per heavy atom. The molecule has 0 nitrogen and oxygen atoms in total. The second-order valence-corrected chi connectivity index (χ2v) is 18.3. The van der Waals surface area contributed by atoms with Crippen LogP contribution in [0, 0.1) is 0 Å². The first-order valence-corrected chi connectivity index (χ1v) is 25.4. The molecule has 48 heavy (non-hydrogen) atoms. The van der Waals surface area contributed by atoms with E-state index in [0.717, 1.165) is 9.52 Å². The Hall–Kier alpha value is -2.22. The third-order valence-corrected chi connectivity index (χ3v) is 8.63. The van der Waals surface area contributed by atoms with E-state index < -0.39 is 20.8 Å². The molecule has 0 aromatic heterocycles. The Bertz CT molecular complexity index is 1700. The summed E-state index contributed by atoms with van der Waals surface area (Å²) in [5, 5.41) is 5.48. The summed E-state index contributed by atoms with van der Waals surface area (Å²) in [6.07, 6.45) is 0. The average molecular weight is 771 g/mol. The zero-order chi connectivity index (χ0) is 35.4. The molecule has 0 N–H and O–H groups in total. The van der Waals surface area contributed by atoms with Crippen LogP contribution in [0.2, 0.25) is 13.1 Å². The van der Waals surface area contributed by atoms with E-state index in [1.807, 2.05) is 0 Å². The number of hydrogen-bond acceptors (Lipinski definition) is 0.